The van der Waals surface area contributed by atoms with E-state index in [1.54, 1.807) is 70.2 Å². The molecule has 16 nitrogen and oxygen atoms in total. The Kier molecular flexibility index (Phi) is 14.0. The maximum atomic E-state index is 14.6. The van der Waals surface area contributed by atoms with Crippen LogP contribution in [-0.2, 0) is 48.0 Å². The summed E-state index contributed by atoms with van der Waals surface area (Å²) in [5, 5.41) is 7.06. The highest BCUT2D eigenvalue weighted by atomic mass is 31.2. The molecule has 2 aromatic heterocycles. The van der Waals surface area contributed by atoms with Crippen LogP contribution < -0.4 is 15.3 Å². The van der Waals surface area contributed by atoms with Crippen molar-refractivity contribution in [2.24, 2.45) is 22.2 Å². The van der Waals surface area contributed by atoms with Crippen molar-refractivity contribution in [1.82, 2.24) is 19.7 Å². The van der Waals surface area contributed by atoms with Crippen LogP contribution in [0.2, 0.25) is 0 Å². The largest absolute Gasteiger partial charge is 0.465 e. The van der Waals surface area contributed by atoms with E-state index in [-0.39, 0.29) is 23.6 Å². The van der Waals surface area contributed by atoms with Gasteiger partial charge in [0.05, 0.1) is 30.7 Å². The monoisotopic (exact) mass is 772 g/mol. The summed E-state index contributed by atoms with van der Waals surface area (Å²) in [7, 11) is -2.93. The molecule has 17 heteroatoms. The molecule has 3 N–H and O–H groups in total. The molecule has 3 aromatic rings. The van der Waals surface area contributed by atoms with Crippen molar-refractivity contribution in [1.29, 1.82) is 0 Å². The van der Waals surface area contributed by atoms with Crippen LogP contribution >= 0.6 is 7.75 Å². The lowest BCUT2D eigenvalue weighted by atomic mass is 9.87. The maximum absolute atomic E-state index is 14.6. The van der Waals surface area contributed by atoms with Gasteiger partial charge in [0, 0.05) is 13.3 Å². The lowest BCUT2D eigenvalue weighted by Gasteiger charge is -2.32. The van der Waals surface area contributed by atoms with Crippen molar-refractivity contribution in [2.45, 2.75) is 98.2 Å². The van der Waals surface area contributed by atoms with E-state index < -0.39 is 74.1 Å². The van der Waals surface area contributed by atoms with Crippen molar-refractivity contribution in [3.8, 4) is 5.75 Å². The molecule has 1 aliphatic heterocycles. The van der Waals surface area contributed by atoms with Crippen molar-refractivity contribution in [2.75, 3.05) is 26.0 Å². The second-order valence-electron chi connectivity index (χ2n) is 14.5. The highest BCUT2D eigenvalue weighted by Crippen LogP contribution is 2.48. The Bertz CT molecular complexity index is 1830. The fraction of sp³-hybridized carbons (Fsp3) is 0.568. The van der Waals surface area contributed by atoms with Crippen molar-refractivity contribution in [3.05, 3.63) is 54.5 Å². The van der Waals surface area contributed by atoms with Crippen LogP contribution in [-0.4, -0.2) is 83.3 Å². The predicted molar refractivity (Wildman–Crippen MR) is 201 cm³/mol. The minimum Gasteiger partial charge on any atom is -0.465 e. The molecule has 1 saturated heterocycles. The third kappa shape index (κ3) is 10.0. The van der Waals surface area contributed by atoms with Gasteiger partial charge < -0.3 is 29.2 Å². The number of carbonyl (C=O) groups excluding carboxylic acids is 3. The van der Waals surface area contributed by atoms with E-state index in [4.69, 9.17) is 33.7 Å². The molecule has 54 heavy (non-hydrogen) atoms. The van der Waals surface area contributed by atoms with Gasteiger partial charge in [-0.05, 0) is 43.0 Å². The zero-order valence-electron chi connectivity index (χ0n) is 32.4. The van der Waals surface area contributed by atoms with E-state index in [2.05, 4.69) is 40.9 Å². The van der Waals surface area contributed by atoms with Gasteiger partial charge in [-0.3, -0.25) is 23.9 Å². The molecule has 0 amide bonds. The molecule has 6 atom stereocenters. The normalized spacial score (nSPS) is 22.0. The first-order chi connectivity index (χ1) is 25.5. The van der Waals surface area contributed by atoms with Gasteiger partial charge >= 0.3 is 25.7 Å². The summed E-state index contributed by atoms with van der Waals surface area (Å²) in [4.78, 5) is 48.0. The third-order valence-corrected chi connectivity index (χ3v) is 10.8. The minimum absolute atomic E-state index is 0.0333. The van der Waals surface area contributed by atoms with Crippen LogP contribution in [0.15, 0.2) is 53.8 Å². The van der Waals surface area contributed by atoms with Crippen LogP contribution in [0, 0.1) is 17.3 Å². The summed E-state index contributed by atoms with van der Waals surface area (Å²) >= 11 is 0. The number of hydrogen-bond donors (Lipinski definition) is 2. The van der Waals surface area contributed by atoms with Crippen LogP contribution in [0.5, 0.6) is 5.75 Å². The van der Waals surface area contributed by atoms with E-state index in [9.17, 15) is 18.9 Å². The first-order valence-electron chi connectivity index (χ1n) is 18.0. The molecule has 3 heterocycles. The molecule has 0 spiro atoms. The van der Waals surface area contributed by atoms with Gasteiger partial charge in [0.1, 0.15) is 29.7 Å². The summed E-state index contributed by atoms with van der Waals surface area (Å²) in [5.41, 5.74) is 5.12. The predicted octanol–water partition coefficient (Wildman–Crippen LogP) is 5.29. The Morgan fingerprint density at radius 1 is 1.06 bits per heavy atom. The summed E-state index contributed by atoms with van der Waals surface area (Å²) in [6, 6.07) is 10.4. The topological polar surface area (TPSA) is 204 Å². The van der Waals surface area contributed by atoms with Gasteiger partial charge in [-0.2, -0.15) is 10.2 Å². The van der Waals surface area contributed by atoms with E-state index in [0.717, 1.165) is 6.42 Å². The Morgan fingerprint density at radius 3 is 2.35 bits per heavy atom. The lowest BCUT2D eigenvalue weighted by Crippen LogP contribution is -2.48. The molecule has 0 radical (unpaired) electrons. The van der Waals surface area contributed by atoms with Gasteiger partial charge in [-0.1, -0.05) is 73.1 Å². The Morgan fingerprint density at radius 2 is 1.72 bits per heavy atom. The zero-order chi connectivity index (χ0) is 39.8. The number of fused-ring (bicyclic) bond motifs is 1. The molecule has 1 aliphatic rings. The SMILES string of the molecule is CCC(C)(C)CCOC(=O)[C@H](C)NP(=O)(OC[C@H]1O[C@@](C=NC)(c2ccc3c(N)ncnn23)[C@H](OC(=O)C(C)C)[C@@H]1OC(=O)C(C)C)Oc1ccccc1. The average molecular weight is 773 g/mol. The van der Waals surface area contributed by atoms with Gasteiger partial charge in [0.25, 0.3) is 0 Å². The first kappa shape index (κ1) is 42.4. The van der Waals surface area contributed by atoms with Crippen LogP contribution in [0.1, 0.15) is 73.9 Å². The summed E-state index contributed by atoms with van der Waals surface area (Å²) in [6.45, 7) is 13.9. The number of rotatable bonds is 18. The number of nitrogens with two attached hydrogens (primary N) is 1. The standard InChI is InChI=1S/C37H53N6O10P/c1-10-36(7,8)18-19-48-35(46)25(6)42-54(47,53-26-14-12-11-13-15-26)49-20-28-30(50-33(44)23(2)3)31(51-34(45)24(4)5)37(52-28,21-39-9)29-17-16-27-32(38)40-22-41-43(27)29/h11-17,21-25,28,30-31H,10,18-20H2,1-9H3,(H,42,47)(H2,38,40,41)/t25-,28+,30+,31+,37-,54?/m0/s1. The fourth-order valence-corrected chi connectivity index (χ4v) is 7.00. The Hall–Kier alpha value is -4.37. The highest BCUT2D eigenvalue weighted by molar-refractivity contribution is 7.52. The molecular weight excluding hydrogens is 719 g/mol. The number of ether oxygens (including phenoxy) is 4. The molecule has 0 bridgehead atoms. The van der Waals surface area contributed by atoms with Gasteiger partial charge in [-0.15, -0.1) is 0 Å². The zero-order valence-corrected chi connectivity index (χ0v) is 33.3. The minimum atomic E-state index is -4.43. The second-order valence-corrected chi connectivity index (χ2v) is 16.2. The number of para-hydroxylation sites is 1. The van der Waals surface area contributed by atoms with Gasteiger partial charge in [0.2, 0.25) is 0 Å². The molecule has 296 valence electrons. The van der Waals surface area contributed by atoms with Crippen LogP contribution in [0.25, 0.3) is 5.52 Å². The number of esters is 3. The molecule has 1 unspecified atom stereocenters. The summed E-state index contributed by atoms with van der Waals surface area (Å²) in [6.07, 6.45) is 0.251. The van der Waals surface area contributed by atoms with Crippen molar-refractivity contribution < 1.29 is 46.9 Å². The van der Waals surface area contributed by atoms with E-state index in [1.165, 1.54) is 31.0 Å². The number of aliphatic imine (C=N–C) groups is 1. The summed E-state index contributed by atoms with van der Waals surface area (Å²) in [5.74, 6) is -2.73. The molecule has 1 fully saturated rings. The second kappa shape index (κ2) is 17.8. The number of nitrogen functional groups attached to an aromatic ring is 1. The van der Waals surface area contributed by atoms with Crippen LogP contribution in [0.3, 0.4) is 0 Å². The molecule has 1 aromatic carbocycles. The quantitative estimate of drug-likeness (QED) is 0.0730. The summed E-state index contributed by atoms with van der Waals surface area (Å²) < 4.78 is 52.3. The van der Waals surface area contributed by atoms with Crippen molar-refractivity contribution >= 4 is 43.2 Å². The first-order valence-corrected chi connectivity index (χ1v) is 19.5. The third-order valence-electron chi connectivity index (χ3n) is 9.14. The molecule has 4 rings (SSSR count). The van der Waals surface area contributed by atoms with Gasteiger partial charge in [-0.25, -0.2) is 14.1 Å². The lowest BCUT2D eigenvalue weighted by molar-refractivity contribution is -0.172. The Balaban J connectivity index is 1.75. The molecule has 0 aliphatic carbocycles. The van der Waals surface area contributed by atoms with Crippen LogP contribution in [0.4, 0.5) is 5.82 Å². The maximum Gasteiger partial charge on any atom is 0.459 e. The highest BCUT2D eigenvalue weighted by Gasteiger charge is 2.61. The fourth-order valence-electron chi connectivity index (χ4n) is 5.49. The number of benzene rings is 1. The average Bonchev–Trinajstić information content (AvgIpc) is 3.68. The number of carbonyl (C=O) groups is 3. The number of anilines is 1. The molecule has 0 saturated carbocycles. The number of aromatic nitrogens is 3. The van der Waals surface area contributed by atoms with E-state index >= 15 is 0 Å². The number of nitrogens with zero attached hydrogens (tertiary/aromatic N) is 4. The van der Waals surface area contributed by atoms with E-state index in [1.807, 2.05) is 0 Å². The molecular formula is C37H53N6O10P. The Labute approximate surface area is 316 Å². The number of nitrogens with one attached hydrogen (secondary N) is 1. The smallest absolute Gasteiger partial charge is 0.459 e. The van der Waals surface area contributed by atoms with Gasteiger partial charge in [0.15, 0.2) is 23.6 Å². The van der Waals surface area contributed by atoms with Crippen molar-refractivity contribution in [3.63, 3.8) is 0 Å². The van der Waals surface area contributed by atoms with E-state index in [0.29, 0.717) is 17.6 Å². The number of hydrogen-bond acceptors (Lipinski definition) is 14.